The molecule has 4 rings (SSSR count). The van der Waals surface area contributed by atoms with E-state index in [1.54, 1.807) is 11.3 Å². The molecule has 192 valence electrons. The first-order valence-corrected chi connectivity index (χ1v) is 12.8. The summed E-state index contributed by atoms with van der Waals surface area (Å²) >= 11 is 1.69. The Morgan fingerprint density at radius 3 is 2.91 bits per heavy atom. The van der Waals surface area contributed by atoms with Gasteiger partial charge < -0.3 is 36.2 Å². The van der Waals surface area contributed by atoms with E-state index in [2.05, 4.69) is 32.7 Å². The second-order valence-electron chi connectivity index (χ2n) is 9.13. The third-order valence-corrected chi connectivity index (χ3v) is 7.57. The zero-order valence-electron chi connectivity index (χ0n) is 19.5. The summed E-state index contributed by atoms with van der Waals surface area (Å²) in [7, 11) is 1.94. The van der Waals surface area contributed by atoms with Crippen LogP contribution in [0.15, 0.2) is 17.5 Å². The van der Waals surface area contributed by atoms with Crippen molar-refractivity contribution in [3.63, 3.8) is 0 Å². The minimum atomic E-state index is -1.01. The lowest BCUT2D eigenvalue weighted by Gasteiger charge is -2.38. The largest absolute Gasteiger partial charge is 0.387 e. The van der Waals surface area contributed by atoms with Gasteiger partial charge in [-0.2, -0.15) is 0 Å². The van der Waals surface area contributed by atoms with E-state index >= 15 is 0 Å². The number of carbonyl (C=O) groups excluding carboxylic acids is 1. The third kappa shape index (κ3) is 6.23. The van der Waals surface area contributed by atoms with E-state index in [4.69, 9.17) is 10.5 Å². The number of hydrogen-bond acceptors (Lipinski definition) is 11. The minimum Gasteiger partial charge on any atom is -0.387 e. The van der Waals surface area contributed by atoms with Crippen LogP contribution in [-0.4, -0.2) is 116 Å². The van der Waals surface area contributed by atoms with Crippen molar-refractivity contribution < 1.29 is 19.7 Å². The van der Waals surface area contributed by atoms with Crippen molar-refractivity contribution in [2.24, 2.45) is 5.73 Å². The van der Waals surface area contributed by atoms with Gasteiger partial charge in [-0.1, -0.05) is 6.07 Å². The first kappa shape index (κ1) is 25.7. The van der Waals surface area contributed by atoms with Crippen molar-refractivity contribution >= 4 is 17.4 Å². The molecule has 3 fully saturated rings. The van der Waals surface area contributed by atoms with Gasteiger partial charge >= 0.3 is 6.03 Å². The van der Waals surface area contributed by atoms with Crippen LogP contribution in [0.4, 0.5) is 4.79 Å². The summed E-state index contributed by atoms with van der Waals surface area (Å²) < 4.78 is 6.11. The van der Waals surface area contributed by atoms with Crippen LogP contribution in [0.1, 0.15) is 11.3 Å². The number of nitrogens with one attached hydrogen (secondary N) is 5. The SMILES string of the molecule is CN(CCCNC(=O)NCCc1cccs1)C[C@H]1O[C@@H](N2CNC3C(N)NCNC32)[C@H](O)[C@@H]1O. The van der Waals surface area contributed by atoms with Gasteiger partial charge in [0.1, 0.15) is 24.5 Å². The normalized spacial score (nSPS) is 33.9. The zero-order chi connectivity index (χ0) is 24.1. The van der Waals surface area contributed by atoms with Crippen LogP contribution in [0.25, 0.3) is 0 Å². The Labute approximate surface area is 204 Å². The third-order valence-electron chi connectivity index (χ3n) is 6.64. The molecule has 0 aliphatic carbocycles. The lowest BCUT2D eigenvalue weighted by Crippen LogP contribution is -2.68. The maximum Gasteiger partial charge on any atom is 0.314 e. The fraction of sp³-hybridized carbons (Fsp3) is 0.762. The standard InChI is InChI=1S/C21H38N8O4S/c1-28(8-3-6-23-21(32)24-7-5-13-4-2-9-34-13)10-14-16(30)17(31)20(33-14)29-12-27-15-18(22)25-11-26-19(15)29/h2,4,9,14-20,25-27,30-31H,3,5-8,10-12,22H2,1H3,(H2,23,24,32)/t14-,15?,16-,17-,18?,19?,20-/m1/s1. The molecule has 1 aromatic heterocycles. The van der Waals surface area contributed by atoms with Crippen molar-refractivity contribution in [2.45, 2.75) is 55.8 Å². The molecule has 4 heterocycles. The molecule has 0 spiro atoms. The number of urea groups is 1. The highest BCUT2D eigenvalue weighted by Gasteiger charge is 2.51. The van der Waals surface area contributed by atoms with E-state index in [1.807, 2.05) is 28.3 Å². The highest BCUT2D eigenvalue weighted by Crippen LogP contribution is 2.28. The minimum absolute atomic E-state index is 0.0104. The lowest BCUT2D eigenvalue weighted by molar-refractivity contribution is -0.106. The molecule has 12 nitrogen and oxygen atoms in total. The smallest absolute Gasteiger partial charge is 0.314 e. The molecule has 9 N–H and O–H groups in total. The molecule has 2 amide bonds. The molecule has 0 saturated carbocycles. The molecule has 7 atom stereocenters. The van der Waals surface area contributed by atoms with E-state index in [9.17, 15) is 15.0 Å². The molecule has 0 bridgehead atoms. The van der Waals surface area contributed by atoms with Gasteiger partial charge in [-0.25, -0.2) is 9.69 Å². The molecule has 0 radical (unpaired) electrons. The zero-order valence-corrected chi connectivity index (χ0v) is 20.3. The van der Waals surface area contributed by atoms with Gasteiger partial charge in [0.15, 0.2) is 0 Å². The van der Waals surface area contributed by atoms with Gasteiger partial charge in [0.25, 0.3) is 0 Å². The molecular weight excluding hydrogens is 460 g/mol. The predicted molar refractivity (Wildman–Crippen MR) is 129 cm³/mol. The van der Waals surface area contributed by atoms with E-state index in [-0.39, 0.29) is 24.4 Å². The summed E-state index contributed by atoms with van der Waals surface area (Å²) in [5.74, 6) is 0. The number of nitrogens with two attached hydrogens (primary N) is 1. The van der Waals surface area contributed by atoms with Gasteiger partial charge in [0, 0.05) is 31.2 Å². The maximum absolute atomic E-state index is 11.9. The molecule has 13 heteroatoms. The van der Waals surface area contributed by atoms with Gasteiger partial charge in [-0.15, -0.1) is 11.3 Å². The summed E-state index contributed by atoms with van der Waals surface area (Å²) in [4.78, 5) is 17.2. The number of hydrogen-bond donors (Lipinski definition) is 8. The fourth-order valence-corrected chi connectivity index (χ4v) is 5.48. The van der Waals surface area contributed by atoms with E-state index < -0.39 is 24.5 Å². The number of likely N-dealkylation sites (N-methyl/N-ethyl adjacent to an activating group) is 1. The summed E-state index contributed by atoms with van der Waals surface area (Å²) in [5, 5.41) is 38.9. The monoisotopic (exact) mass is 498 g/mol. The Morgan fingerprint density at radius 1 is 1.29 bits per heavy atom. The average Bonchev–Trinajstić information content (AvgIpc) is 3.54. The van der Waals surface area contributed by atoms with E-state index in [1.165, 1.54) is 4.88 Å². The highest BCUT2D eigenvalue weighted by molar-refractivity contribution is 7.09. The Morgan fingerprint density at radius 2 is 2.12 bits per heavy atom. The van der Waals surface area contributed by atoms with Crippen LogP contribution in [-0.2, 0) is 11.2 Å². The fourth-order valence-electron chi connectivity index (χ4n) is 4.77. The van der Waals surface area contributed by atoms with E-state index in [0.29, 0.717) is 33.0 Å². The van der Waals surface area contributed by atoms with Crippen molar-refractivity contribution in [3.8, 4) is 0 Å². The number of fused-ring (bicyclic) bond motifs is 1. The van der Waals surface area contributed by atoms with E-state index in [0.717, 1.165) is 19.4 Å². The van der Waals surface area contributed by atoms with Crippen LogP contribution >= 0.6 is 11.3 Å². The van der Waals surface area contributed by atoms with Crippen LogP contribution in [0.5, 0.6) is 0 Å². The van der Waals surface area contributed by atoms with Crippen molar-refractivity contribution in [1.82, 2.24) is 36.4 Å². The van der Waals surface area contributed by atoms with Gasteiger partial charge in [0.2, 0.25) is 0 Å². The first-order chi connectivity index (χ1) is 16.4. The second-order valence-corrected chi connectivity index (χ2v) is 10.2. The molecule has 3 saturated heterocycles. The van der Waals surface area contributed by atoms with Crippen molar-refractivity contribution in [1.29, 1.82) is 0 Å². The number of ether oxygens (including phenoxy) is 1. The number of rotatable bonds is 10. The molecule has 3 unspecified atom stereocenters. The van der Waals surface area contributed by atoms with Crippen LogP contribution in [0, 0.1) is 0 Å². The Bertz CT molecular complexity index is 774. The Balaban J connectivity index is 1.14. The number of nitrogens with zero attached hydrogens (tertiary/aromatic N) is 2. The van der Waals surface area contributed by atoms with Gasteiger partial charge in [-0.3, -0.25) is 16.0 Å². The molecule has 3 aliphatic rings. The molecule has 0 aromatic carbocycles. The quantitative estimate of drug-likeness (QED) is 0.160. The van der Waals surface area contributed by atoms with Crippen LogP contribution < -0.4 is 32.3 Å². The molecule has 1 aromatic rings. The van der Waals surface area contributed by atoms with Crippen molar-refractivity contribution in [3.05, 3.63) is 22.4 Å². The number of aliphatic hydroxyl groups excluding tert-OH is 2. The number of aliphatic hydroxyl groups is 2. The molecule has 3 aliphatic heterocycles. The van der Waals surface area contributed by atoms with Crippen LogP contribution in [0.2, 0.25) is 0 Å². The maximum atomic E-state index is 11.9. The van der Waals surface area contributed by atoms with Crippen LogP contribution in [0.3, 0.4) is 0 Å². The number of amides is 2. The summed E-state index contributed by atoms with van der Waals surface area (Å²) in [6, 6.07) is 3.89. The predicted octanol–water partition coefficient (Wildman–Crippen LogP) is -2.65. The average molecular weight is 499 g/mol. The summed E-state index contributed by atoms with van der Waals surface area (Å²) in [5.41, 5.74) is 6.13. The second kappa shape index (κ2) is 12.0. The number of carbonyl (C=O) groups is 1. The Kier molecular flexibility index (Phi) is 9.09. The lowest BCUT2D eigenvalue weighted by atomic mass is 10.1. The molecule has 34 heavy (non-hydrogen) atoms. The van der Waals surface area contributed by atoms with Gasteiger partial charge in [0.05, 0.1) is 25.0 Å². The first-order valence-electron chi connectivity index (χ1n) is 11.9. The molecular formula is C21H38N8O4S. The van der Waals surface area contributed by atoms with Gasteiger partial charge in [-0.05, 0) is 37.9 Å². The number of thiophene rings is 1. The summed E-state index contributed by atoms with van der Waals surface area (Å²) in [6.07, 6.45) is -1.79. The highest BCUT2D eigenvalue weighted by atomic mass is 32.1. The van der Waals surface area contributed by atoms with Crippen molar-refractivity contribution in [2.75, 3.05) is 46.6 Å². The topological polar surface area (TPSA) is 159 Å². The summed E-state index contributed by atoms with van der Waals surface area (Å²) in [6.45, 7) is 3.44. The Hall–Kier alpha value is -1.39.